The molecule has 0 fully saturated rings. The summed E-state index contributed by atoms with van der Waals surface area (Å²) in [6, 6.07) is 0. The van der Waals surface area contributed by atoms with Crippen LogP contribution in [0.5, 0.6) is 0 Å². The molecule has 0 amide bonds. The molecule has 0 radical (unpaired) electrons. The zero-order valence-electron chi connectivity index (χ0n) is 9.28. The van der Waals surface area contributed by atoms with Crippen LogP contribution < -0.4 is 5.32 Å². The summed E-state index contributed by atoms with van der Waals surface area (Å²) in [5.74, 6) is 0. The van der Waals surface area contributed by atoms with Gasteiger partial charge in [-0.3, -0.25) is 0 Å². The van der Waals surface area contributed by atoms with Crippen molar-refractivity contribution in [2.45, 2.75) is 33.6 Å². The van der Waals surface area contributed by atoms with E-state index in [0.29, 0.717) is 0 Å². The molecule has 3 N–H and O–H groups in total. The zero-order chi connectivity index (χ0) is 11.1. The molecule has 0 rings (SSSR count). The van der Waals surface area contributed by atoms with E-state index in [2.05, 4.69) is 19.0 Å². The molecule has 0 aromatic carbocycles. The largest absolute Gasteiger partial charge is 0.394 e. The molecule has 3 heteroatoms. The van der Waals surface area contributed by atoms with Crippen LogP contribution in [0.3, 0.4) is 0 Å². The molecular weight excluding hydrogens is 162 g/mol. The Labute approximate surface area is 82.3 Å². The van der Waals surface area contributed by atoms with Crippen LogP contribution in [-0.4, -0.2) is 20.0 Å². The van der Waals surface area contributed by atoms with Crippen molar-refractivity contribution < 1.29 is 0 Å². The minimum atomic E-state index is 0.851. The van der Waals surface area contributed by atoms with Crippen molar-refractivity contribution in [2.24, 2.45) is 0 Å². The van der Waals surface area contributed by atoms with Gasteiger partial charge in [0, 0.05) is 7.05 Å². The Kier molecular flexibility index (Phi) is 30.8. The van der Waals surface area contributed by atoms with Gasteiger partial charge in [-0.25, -0.2) is 0 Å². The van der Waals surface area contributed by atoms with Crippen LogP contribution in [0, 0.1) is 10.8 Å². The lowest BCUT2D eigenvalue weighted by Gasteiger charge is -1.95. The molecule has 0 unspecified atom stereocenters. The molecule has 0 aliphatic heterocycles. The third-order valence-corrected chi connectivity index (χ3v) is 1.07. The SMILES string of the molecule is C=N.CC.CN/C=C(/C)CCC=N. The Balaban J connectivity index is -0.000000218. The van der Waals surface area contributed by atoms with Gasteiger partial charge in [0.1, 0.15) is 0 Å². The molecular formula is C10H23N3. The first-order valence-corrected chi connectivity index (χ1v) is 4.48. The van der Waals surface area contributed by atoms with Gasteiger partial charge in [-0.1, -0.05) is 19.4 Å². The smallest absolute Gasteiger partial charge is 0.00276 e. The maximum atomic E-state index is 6.76. The van der Waals surface area contributed by atoms with Crippen LogP contribution in [0.2, 0.25) is 0 Å². The van der Waals surface area contributed by atoms with E-state index < -0.39 is 0 Å². The lowest BCUT2D eigenvalue weighted by Crippen LogP contribution is -1.94. The molecule has 78 valence electrons. The first kappa shape index (κ1) is 17.8. The minimum Gasteiger partial charge on any atom is -0.394 e. The van der Waals surface area contributed by atoms with Crippen molar-refractivity contribution in [2.75, 3.05) is 7.05 Å². The molecule has 0 saturated heterocycles. The van der Waals surface area contributed by atoms with E-state index >= 15 is 0 Å². The van der Waals surface area contributed by atoms with E-state index in [1.54, 1.807) is 0 Å². The summed E-state index contributed by atoms with van der Waals surface area (Å²) in [4.78, 5) is 0. The second kappa shape index (κ2) is 22.4. The van der Waals surface area contributed by atoms with Gasteiger partial charge in [0.25, 0.3) is 0 Å². The number of nitrogens with one attached hydrogen (secondary N) is 3. The fourth-order valence-corrected chi connectivity index (χ4v) is 0.618. The van der Waals surface area contributed by atoms with Crippen molar-refractivity contribution >= 4 is 12.9 Å². The van der Waals surface area contributed by atoms with E-state index in [9.17, 15) is 0 Å². The minimum absolute atomic E-state index is 0.851. The number of rotatable bonds is 4. The van der Waals surface area contributed by atoms with Crippen molar-refractivity contribution in [1.29, 1.82) is 10.8 Å². The van der Waals surface area contributed by atoms with Crippen LogP contribution in [0.25, 0.3) is 0 Å². The Morgan fingerprint density at radius 3 is 2.15 bits per heavy atom. The molecule has 0 aromatic heterocycles. The van der Waals surface area contributed by atoms with Gasteiger partial charge in [0.15, 0.2) is 0 Å². The topological polar surface area (TPSA) is 59.7 Å². The predicted molar refractivity (Wildman–Crippen MR) is 62.0 cm³/mol. The molecule has 0 aliphatic carbocycles. The second-order valence-electron chi connectivity index (χ2n) is 2.02. The summed E-state index contributed by atoms with van der Waals surface area (Å²) in [7, 11) is 1.88. The molecule has 0 spiro atoms. The lowest BCUT2D eigenvalue weighted by atomic mass is 10.2. The fourth-order valence-electron chi connectivity index (χ4n) is 0.618. The van der Waals surface area contributed by atoms with Crippen LogP contribution in [-0.2, 0) is 0 Å². The summed E-state index contributed by atoms with van der Waals surface area (Å²) in [6.07, 6.45) is 5.24. The van der Waals surface area contributed by atoms with Gasteiger partial charge in [0.2, 0.25) is 0 Å². The first-order chi connectivity index (χ1) is 6.31. The Morgan fingerprint density at radius 1 is 1.38 bits per heavy atom. The van der Waals surface area contributed by atoms with E-state index in [1.165, 1.54) is 11.8 Å². The van der Waals surface area contributed by atoms with E-state index in [-0.39, 0.29) is 0 Å². The van der Waals surface area contributed by atoms with E-state index in [4.69, 9.17) is 10.8 Å². The normalized spacial score (nSPS) is 8.46. The van der Waals surface area contributed by atoms with Gasteiger partial charge in [-0.15, -0.1) is 0 Å². The van der Waals surface area contributed by atoms with Crippen molar-refractivity contribution in [3.63, 3.8) is 0 Å². The predicted octanol–water partition coefficient (Wildman–Crippen LogP) is 2.83. The summed E-state index contributed by atoms with van der Waals surface area (Å²) in [5, 5.41) is 15.2. The summed E-state index contributed by atoms with van der Waals surface area (Å²) < 4.78 is 0. The highest BCUT2D eigenvalue weighted by molar-refractivity contribution is 5.53. The first-order valence-electron chi connectivity index (χ1n) is 4.48. The van der Waals surface area contributed by atoms with Crippen molar-refractivity contribution in [3.05, 3.63) is 11.8 Å². The maximum Gasteiger partial charge on any atom is 0.00276 e. The van der Waals surface area contributed by atoms with Crippen LogP contribution >= 0.6 is 0 Å². The van der Waals surface area contributed by atoms with Crippen molar-refractivity contribution in [3.8, 4) is 0 Å². The quantitative estimate of drug-likeness (QED) is 0.579. The number of hydrogen-bond donors (Lipinski definition) is 3. The van der Waals surface area contributed by atoms with Crippen LogP contribution in [0.4, 0.5) is 0 Å². The zero-order valence-corrected chi connectivity index (χ0v) is 9.28. The second-order valence-corrected chi connectivity index (χ2v) is 2.02. The highest BCUT2D eigenvalue weighted by Gasteiger charge is 1.84. The molecule has 0 saturated carbocycles. The summed E-state index contributed by atoms with van der Waals surface area (Å²) in [5.41, 5.74) is 1.29. The molecule has 0 atom stereocenters. The standard InChI is InChI=1S/C7H14N2.C2H6.CH3N/c1-7(6-9-2)4-3-5-8;2*1-2/h5-6,8-9H,3-4H2,1-2H3;1-2H3;2H,1H2/b7-6-,8-5?;;. The van der Waals surface area contributed by atoms with Gasteiger partial charge in [-0.05, 0) is 38.9 Å². The van der Waals surface area contributed by atoms with Gasteiger partial charge < -0.3 is 16.1 Å². The Morgan fingerprint density at radius 2 is 1.85 bits per heavy atom. The molecule has 13 heavy (non-hydrogen) atoms. The summed E-state index contributed by atoms with van der Waals surface area (Å²) >= 11 is 0. The fraction of sp³-hybridized carbons (Fsp3) is 0.600. The monoisotopic (exact) mass is 185 g/mol. The van der Waals surface area contributed by atoms with E-state index in [1.807, 2.05) is 27.1 Å². The van der Waals surface area contributed by atoms with Crippen molar-refractivity contribution in [1.82, 2.24) is 5.32 Å². The molecule has 0 bridgehead atoms. The highest BCUT2D eigenvalue weighted by atomic mass is 14.8. The highest BCUT2D eigenvalue weighted by Crippen LogP contribution is 1.98. The number of allylic oxidation sites excluding steroid dienone is 1. The third kappa shape index (κ3) is 24.8. The van der Waals surface area contributed by atoms with E-state index in [0.717, 1.165) is 12.8 Å². The number of hydrogen-bond acceptors (Lipinski definition) is 3. The average molecular weight is 185 g/mol. The Bertz CT molecular complexity index is 119. The van der Waals surface area contributed by atoms with Gasteiger partial charge in [0.05, 0.1) is 0 Å². The maximum absolute atomic E-state index is 6.76. The lowest BCUT2D eigenvalue weighted by molar-refractivity contribution is 0.972. The van der Waals surface area contributed by atoms with Gasteiger partial charge >= 0.3 is 0 Å². The molecule has 0 aromatic rings. The Hall–Kier alpha value is -1.12. The average Bonchev–Trinajstić information content (AvgIpc) is 2.21. The van der Waals surface area contributed by atoms with Gasteiger partial charge in [-0.2, -0.15) is 0 Å². The molecule has 0 heterocycles. The molecule has 3 nitrogen and oxygen atoms in total. The van der Waals surface area contributed by atoms with Crippen LogP contribution in [0.1, 0.15) is 33.6 Å². The molecule has 0 aliphatic rings. The van der Waals surface area contributed by atoms with Crippen LogP contribution in [0.15, 0.2) is 11.8 Å². The summed E-state index contributed by atoms with van der Waals surface area (Å²) in [6.45, 7) is 8.56. The third-order valence-electron chi connectivity index (χ3n) is 1.07.